The maximum Gasteiger partial charge on any atom is 0.433 e. The largest absolute Gasteiger partial charge is 0.433 e. The van der Waals surface area contributed by atoms with Gasteiger partial charge in [-0.1, -0.05) is 23.2 Å². The lowest BCUT2D eigenvalue weighted by atomic mass is 10.3. The van der Waals surface area contributed by atoms with Crippen molar-refractivity contribution in [2.24, 2.45) is 0 Å². The van der Waals surface area contributed by atoms with Gasteiger partial charge in [0, 0.05) is 17.1 Å². The first kappa shape index (κ1) is 19.4. The molecule has 11 heteroatoms. The number of nitrogens with one attached hydrogen (secondary N) is 3. The van der Waals surface area contributed by atoms with E-state index in [0.717, 1.165) is 6.07 Å². The van der Waals surface area contributed by atoms with E-state index in [1.54, 1.807) is 19.1 Å². The molecule has 2 rings (SSSR count). The summed E-state index contributed by atoms with van der Waals surface area (Å²) in [6.45, 7) is 1.28. The van der Waals surface area contributed by atoms with Crippen LogP contribution in [-0.4, -0.2) is 27.7 Å². The number of aliphatic hydroxyl groups excluding tert-OH is 1. The number of anilines is 3. The fourth-order valence-electron chi connectivity index (χ4n) is 1.71. The number of rotatable bonds is 6. The molecule has 0 saturated carbocycles. The van der Waals surface area contributed by atoms with Crippen molar-refractivity contribution in [3.63, 3.8) is 0 Å². The summed E-state index contributed by atoms with van der Waals surface area (Å²) in [7, 11) is 0. The third kappa shape index (κ3) is 5.52. The van der Waals surface area contributed by atoms with Gasteiger partial charge in [-0.3, -0.25) is 10.9 Å². The summed E-state index contributed by atoms with van der Waals surface area (Å²) in [6.07, 6.45) is -4.66. The molecule has 1 heterocycles. The molecule has 0 spiro atoms. The summed E-state index contributed by atoms with van der Waals surface area (Å²) >= 11 is 11.8. The second kappa shape index (κ2) is 7.94. The van der Waals surface area contributed by atoms with Gasteiger partial charge in [0.2, 0.25) is 5.95 Å². The molecule has 0 amide bonds. The van der Waals surface area contributed by atoms with Crippen LogP contribution in [0.2, 0.25) is 10.0 Å². The van der Waals surface area contributed by atoms with E-state index in [0.29, 0.717) is 10.7 Å². The van der Waals surface area contributed by atoms with Crippen LogP contribution in [0.25, 0.3) is 0 Å². The fourth-order valence-corrected chi connectivity index (χ4v) is 2.17. The standard InChI is InChI=1S/C14H14Cl2F3N5O/c1-7(6-25)20-13-21-11(14(17,18)19)5-12(22-13)24-23-10-3-2-8(15)4-9(10)16/h2-5,7,23,25H,6H2,1H3,(H2,20,21,22,24)/t7-/m1/s1. The minimum atomic E-state index is -4.66. The topological polar surface area (TPSA) is 82.1 Å². The first-order chi connectivity index (χ1) is 11.7. The van der Waals surface area contributed by atoms with Crippen LogP contribution in [0.4, 0.5) is 30.6 Å². The van der Waals surface area contributed by atoms with Gasteiger partial charge < -0.3 is 10.4 Å². The molecule has 0 unspecified atom stereocenters. The molecule has 25 heavy (non-hydrogen) atoms. The van der Waals surface area contributed by atoms with Crippen molar-refractivity contribution in [2.75, 3.05) is 22.8 Å². The Bertz CT molecular complexity index is 745. The van der Waals surface area contributed by atoms with Crippen LogP contribution in [-0.2, 0) is 6.18 Å². The molecular weight excluding hydrogens is 382 g/mol. The van der Waals surface area contributed by atoms with Gasteiger partial charge in [0.15, 0.2) is 11.5 Å². The molecule has 0 aliphatic heterocycles. The molecule has 0 aliphatic rings. The normalized spacial score (nSPS) is 12.6. The van der Waals surface area contributed by atoms with E-state index in [-0.39, 0.29) is 23.4 Å². The van der Waals surface area contributed by atoms with E-state index >= 15 is 0 Å². The molecule has 4 N–H and O–H groups in total. The second-order valence-corrected chi connectivity index (χ2v) is 5.91. The zero-order chi connectivity index (χ0) is 18.6. The van der Waals surface area contributed by atoms with Gasteiger partial charge in [-0.15, -0.1) is 0 Å². The number of hydrazine groups is 1. The highest BCUT2D eigenvalue weighted by Gasteiger charge is 2.34. The molecule has 6 nitrogen and oxygen atoms in total. The fraction of sp³-hybridized carbons (Fsp3) is 0.286. The minimum absolute atomic E-state index is 0.138. The Morgan fingerprint density at radius 2 is 1.88 bits per heavy atom. The van der Waals surface area contributed by atoms with Gasteiger partial charge in [0.05, 0.1) is 17.3 Å². The monoisotopic (exact) mass is 395 g/mol. The van der Waals surface area contributed by atoms with Crippen LogP contribution in [0.1, 0.15) is 12.6 Å². The third-order valence-electron chi connectivity index (χ3n) is 2.92. The van der Waals surface area contributed by atoms with E-state index in [2.05, 4.69) is 26.1 Å². The van der Waals surface area contributed by atoms with Gasteiger partial charge in [-0.2, -0.15) is 18.2 Å². The van der Waals surface area contributed by atoms with E-state index in [1.807, 2.05) is 0 Å². The molecule has 0 bridgehead atoms. The van der Waals surface area contributed by atoms with Crippen LogP contribution in [0.3, 0.4) is 0 Å². The van der Waals surface area contributed by atoms with Crippen LogP contribution in [0, 0.1) is 0 Å². The van der Waals surface area contributed by atoms with E-state index in [4.69, 9.17) is 28.3 Å². The third-order valence-corrected chi connectivity index (χ3v) is 3.47. The van der Waals surface area contributed by atoms with Crippen LogP contribution in [0.15, 0.2) is 24.3 Å². The van der Waals surface area contributed by atoms with E-state index in [1.165, 1.54) is 6.07 Å². The van der Waals surface area contributed by atoms with Crippen LogP contribution in [0.5, 0.6) is 0 Å². The minimum Gasteiger partial charge on any atom is -0.394 e. The molecule has 0 saturated heterocycles. The number of alkyl halides is 3. The number of hydrogen-bond donors (Lipinski definition) is 4. The van der Waals surface area contributed by atoms with Gasteiger partial charge in [0.25, 0.3) is 0 Å². The second-order valence-electron chi connectivity index (χ2n) is 5.06. The van der Waals surface area contributed by atoms with Crippen molar-refractivity contribution in [2.45, 2.75) is 19.1 Å². The van der Waals surface area contributed by atoms with Crippen molar-refractivity contribution in [1.82, 2.24) is 9.97 Å². The van der Waals surface area contributed by atoms with Gasteiger partial charge in [0.1, 0.15) is 0 Å². The van der Waals surface area contributed by atoms with Crippen molar-refractivity contribution in [1.29, 1.82) is 0 Å². The first-order valence-electron chi connectivity index (χ1n) is 7.00. The van der Waals surface area contributed by atoms with Crippen molar-refractivity contribution < 1.29 is 18.3 Å². The summed E-state index contributed by atoms with van der Waals surface area (Å²) in [5.41, 5.74) is 4.45. The molecule has 1 aromatic heterocycles. The van der Waals surface area contributed by atoms with Crippen molar-refractivity contribution >= 4 is 40.7 Å². The van der Waals surface area contributed by atoms with Crippen LogP contribution < -0.4 is 16.2 Å². The molecule has 136 valence electrons. The highest BCUT2D eigenvalue weighted by molar-refractivity contribution is 6.36. The lowest BCUT2D eigenvalue weighted by Crippen LogP contribution is -2.23. The smallest absolute Gasteiger partial charge is 0.394 e. The predicted molar refractivity (Wildman–Crippen MR) is 90.9 cm³/mol. The number of hydrogen-bond acceptors (Lipinski definition) is 6. The average molecular weight is 396 g/mol. The predicted octanol–water partition coefficient (Wildman–Crippen LogP) is 4.03. The lowest BCUT2D eigenvalue weighted by molar-refractivity contribution is -0.141. The zero-order valence-corrected chi connectivity index (χ0v) is 14.3. The SMILES string of the molecule is C[C@H](CO)Nc1nc(NNc2ccc(Cl)cc2Cl)cc(C(F)(F)F)n1. The maximum atomic E-state index is 13.0. The Balaban J connectivity index is 2.24. The molecule has 1 atom stereocenters. The molecule has 2 aromatic rings. The zero-order valence-electron chi connectivity index (χ0n) is 12.8. The number of aliphatic hydroxyl groups is 1. The average Bonchev–Trinajstić information content (AvgIpc) is 2.53. The van der Waals surface area contributed by atoms with Crippen molar-refractivity contribution in [3.05, 3.63) is 40.0 Å². The Hall–Kier alpha value is -1.97. The van der Waals surface area contributed by atoms with Gasteiger partial charge in [-0.05, 0) is 25.1 Å². The molecule has 1 aromatic carbocycles. The van der Waals surface area contributed by atoms with E-state index < -0.39 is 17.9 Å². The molecule has 0 radical (unpaired) electrons. The Labute approximate surface area is 151 Å². The number of benzene rings is 1. The Morgan fingerprint density at radius 1 is 1.16 bits per heavy atom. The van der Waals surface area contributed by atoms with Gasteiger partial charge in [-0.25, -0.2) is 4.98 Å². The molecular formula is C14H14Cl2F3N5O. The number of nitrogens with zero attached hydrogens (tertiary/aromatic N) is 2. The first-order valence-corrected chi connectivity index (χ1v) is 7.75. The summed E-state index contributed by atoms with van der Waals surface area (Å²) in [5, 5.41) is 12.3. The number of aromatic nitrogens is 2. The van der Waals surface area contributed by atoms with Gasteiger partial charge >= 0.3 is 6.18 Å². The molecule has 0 fully saturated rings. The number of halogens is 5. The summed E-state index contributed by atoms with van der Waals surface area (Å²) in [6, 6.07) is 4.82. The highest BCUT2D eigenvalue weighted by atomic mass is 35.5. The van der Waals surface area contributed by atoms with Crippen LogP contribution >= 0.6 is 23.2 Å². The highest BCUT2D eigenvalue weighted by Crippen LogP contribution is 2.30. The summed E-state index contributed by atoms with van der Waals surface area (Å²) in [5.74, 6) is -0.413. The van der Waals surface area contributed by atoms with E-state index in [9.17, 15) is 13.2 Å². The maximum absolute atomic E-state index is 13.0. The molecule has 0 aliphatic carbocycles. The Kier molecular flexibility index (Phi) is 6.15. The van der Waals surface area contributed by atoms with Crippen molar-refractivity contribution in [3.8, 4) is 0 Å². The summed E-state index contributed by atoms with van der Waals surface area (Å²) < 4.78 is 39.0. The lowest BCUT2D eigenvalue weighted by Gasteiger charge is -2.16. The summed E-state index contributed by atoms with van der Waals surface area (Å²) in [4.78, 5) is 7.33. The Morgan fingerprint density at radius 3 is 2.48 bits per heavy atom. The quantitative estimate of drug-likeness (QED) is 0.552.